The lowest BCUT2D eigenvalue weighted by Crippen LogP contribution is -2.32. The van der Waals surface area contributed by atoms with Crippen molar-refractivity contribution in [1.29, 1.82) is 0 Å². The third-order valence-corrected chi connectivity index (χ3v) is 1.68. The number of hydrogen-bond donors (Lipinski definition) is 0. The fraction of sp³-hybridized carbons (Fsp3) is 0.833. The molecular formula is C6H10O. The summed E-state index contributed by atoms with van der Waals surface area (Å²) in [5.41, 5.74) is 0. The first-order valence-electron chi connectivity index (χ1n) is 2.75. The predicted octanol–water partition coefficient (Wildman–Crippen LogP) is 1.23. The van der Waals surface area contributed by atoms with Gasteiger partial charge in [0, 0.05) is 11.8 Å². The molecule has 2 atom stereocenters. The standard InChI is InChI=1S/C6H10O/c1-4-3-5(2)6(4)7/h4-5H,3H2,1-2H3. The second kappa shape index (κ2) is 1.32. The number of rotatable bonds is 0. The maximum atomic E-state index is 10.6. The first kappa shape index (κ1) is 4.82. The zero-order valence-corrected chi connectivity index (χ0v) is 4.77. The van der Waals surface area contributed by atoms with Gasteiger partial charge < -0.3 is 0 Å². The largest absolute Gasteiger partial charge is 0.299 e. The van der Waals surface area contributed by atoms with E-state index in [9.17, 15) is 4.79 Å². The van der Waals surface area contributed by atoms with Crippen molar-refractivity contribution in [2.24, 2.45) is 11.8 Å². The van der Waals surface area contributed by atoms with Crippen LogP contribution in [0.5, 0.6) is 0 Å². The molecule has 0 radical (unpaired) electrons. The Hall–Kier alpha value is -0.330. The summed E-state index contributed by atoms with van der Waals surface area (Å²) >= 11 is 0. The van der Waals surface area contributed by atoms with Crippen LogP contribution in [0.25, 0.3) is 0 Å². The van der Waals surface area contributed by atoms with Crippen LogP contribution < -0.4 is 0 Å². The number of carbonyl (C=O) groups excluding carboxylic acids is 1. The van der Waals surface area contributed by atoms with Crippen molar-refractivity contribution in [3.63, 3.8) is 0 Å². The Morgan fingerprint density at radius 1 is 1.43 bits per heavy atom. The van der Waals surface area contributed by atoms with E-state index >= 15 is 0 Å². The molecule has 2 unspecified atom stereocenters. The van der Waals surface area contributed by atoms with E-state index in [2.05, 4.69) is 0 Å². The third kappa shape index (κ3) is 0.561. The van der Waals surface area contributed by atoms with Gasteiger partial charge in [0.2, 0.25) is 0 Å². The molecule has 1 aliphatic rings. The lowest BCUT2D eigenvalue weighted by Gasteiger charge is -2.26. The average Bonchev–Trinajstić information content (AvgIpc) is 1.68. The Labute approximate surface area is 43.7 Å². The molecule has 1 rings (SSSR count). The highest BCUT2D eigenvalue weighted by Gasteiger charge is 2.31. The Kier molecular flexibility index (Phi) is 0.911. The van der Waals surface area contributed by atoms with E-state index in [4.69, 9.17) is 0 Å². The van der Waals surface area contributed by atoms with Crippen LogP contribution in [-0.2, 0) is 4.79 Å². The molecular weight excluding hydrogens is 88.1 g/mol. The fourth-order valence-electron chi connectivity index (χ4n) is 1.09. The molecule has 0 N–H and O–H groups in total. The van der Waals surface area contributed by atoms with Crippen molar-refractivity contribution in [2.75, 3.05) is 0 Å². The molecule has 1 nitrogen and oxygen atoms in total. The Balaban J connectivity index is 2.44. The van der Waals surface area contributed by atoms with Crippen LogP contribution in [0.3, 0.4) is 0 Å². The fourth-order valence-corrected chi connectivity index (χ4v) is 1.09. The number of Topliss-reactive ketones (excluding diaryl/α,β-unsaturated/α-hetero) is 1. The molecule has 0 amide bonds. The summed E-state index contributed by atoms with van der Waals surface area (Å²) < 4.78 is 0. The first-order chi connectivity index (χ1) is 3.22. The van der Waals surface area contributed by atoms with Gasteiger partial charge in [0.1, 0.15) is 5.78 Å². The lowest BCUT2D eigenvalue weighted by molar-refractivity contribution is -0.133. The molecule has 1 aliphatic carbocycles. The van der Waals surface area contributed by atoms with Crippen LogP contribution in [0.15, 0.2) is 0 Å². The molecule has 0 spiro atoms. The van der Waals surface area contributed by atoms with Crippen LogP contribution >= 0.6 is 0 Å². The molecule has 1 fully saturated rings. The van der Waals surface area contributed by atoms with E-state index in [0.717, 1.165) is 6.42 Å². The Morgan fingerprint density at radius 3 is 1.86 bits per heavy atom. The monoisotopic (exact) mass is 98.1 g/mol. The van der Waals surface area contributed by atoms with Crippen LogP contribution in [0, 0.1) is 11.8 Å². The van der Waals surface area contributed by atoms with E-state index in [1.165, 1.54) is 0 Å². The van der Waals surface area contributed by atoms with Gasteiger partial charge in [0.15, 0.2) is 0 Å². The van der Waals surface area contributed by atoms with Gasteiger partial charge in [-0.2, -0.15) is 0 Å². The van der Waals surface area contributed by atoms with Gasteiger partial charge in [-0.1, -0.05) is 13.8 Å². The molecule has 7 heavy (non-hydrogen) atoms. The summed E-state index contributed by atoms with van der Waals surface area (Å²) in [5, 5.41) is 0. The van der Waals surface area contributed by atoms with Crippen molar-refractivity contribution in [3.8, 4) is 0 Å². The highest BCUT2D eigenvalue weighted by molar-refractivity contribution is 5.88. The summed E-state index contributed by atoms with van der Waals surface area (Å²) in [4.78, 5) is 10.6. The van der Waals surface area contributed by atoms with Crippen molar-refractivity contribution < 1.29 is 4.79 Å². The van der Waals surface area contributed by atoms with E-state index < -0.39 is 0 Å². The summed E-state index contributed by atoms with van der Waals surface area (Å²) in [5.74, 6) is 1.19. The van der Waals surface area contributed by atoms with Crippen LogP contribution in [-0.4, -0.2) is 5.78 Å². The lowest BCUT2D eigenvalue weighted by atomic mass is 9.76. The van der Waals surface area contributed by atoms with E-state index in [-0.39, 0.29) is 0 Å². The van der Waals surface area contributed by atoms with Gasteiger partial charge in [-0.15, -0.1) is 0 Å². The van der Waals surface area contributed by atoms with Crippen molar-refractivity contribution >= 4 is 5.78 Å². The topological polar surface area (TPSA) is 17.1 Å². The van der Waals surface area contributed by atoms with E-state index in [0.29, 0.717) is 17.6 Å². The molecule has 40 valence electrons. The van der Waals surface area contributed by atoms with Crippen molar-refractivity contribution in [3.05, 3.63) is 0 Å². The zero-order valence-electron chi connectivity index (χ0n) is 4.77. The highest BCUT2D eigenvalue weighted by atomic mass is 16.1. The Morgan fingerprint density at radius 2 is 1.86 bits per heavy atom. The van der Waals surface area contributed by atoms with Gasteiger partial charge in [0.05, 0.1) is 0 Å². The van der Waals surface area contributed by atoms with Crippen LogP contribution in [0.4, 0.5) is 0 Å². The zero-order chi connectivity index (χ0) is 5.44. The van der Waals surface area contributed by atoms with E-state index in [1.807, 2.05) is 13.8 Å². The Bertz CT molecular complexity index is 86.4. The smallest absolute Gasteiger partial charge is 0.138 e. The van der Waals surface area contributed by atoms with Gasteiger partial charge in [0.25, 0.3) is 0 Å². The molecule has 0 heterocycles. The number of carbonyl (C=O) groups is 1. The van der Waals surface area contributed by atoms with Crippen LogP contribution in [0.2, 0.25) is 0 Å². The second-order valence-electron chi connectivity index (χ2n) is 2.44. The molecule has 0 aromatic carbocycles. The maximum absolute atomic E-state index is 10.6. The van der Waals surface area contributed by atoms with Crippen molar-refractivity contribution in [2.45, 2.75) is 20.3 Å². The maximum Gasteiger partial charge on any atom is 0.138 e. The molecule has 1 saturated carbocycles. The minimum atomic E-state index is 0.370. The van der Waals surface area contributed by atoms with E-state index in [1.54, 1.807) is 0 Å². The summed E-state index contributed by atoms with van der Waals surface area (Å²) in [6, 6.07) is 0. The minimum absolute atomic E-state index is 0.370. The van der Waals surface area contributed by atoms with Gasteiger partial charge >= 0.3 is 0 Å². The van der Waals surface area contributed by atoms with Gasteiger partial charge in [-0.25, -0.2) is 0 Å². The molecule has 1 heteroatoms. The quantitative estimate of drug-likeness (QED) is 0.445. The second-order valence-corrected chi connectivity index (χ2v) is 2.44. The van der Waals surface area contributed by atoms with Gasteiger partial charge in [-0.3, -0.25) is 4.79 Å². The summed E-state index contributed by atoms with van der Waals surface area (Å²) in [6.07, 6.45) is 1.11. The predicted molar refractivity (Wildman–Crippen MR) is 28.0 cm³/mol. The molecule has 0 saturated heterocycles. The molecule has 0 aromatic rings. The van der Waals surface area contributed by atoms with Crippen LogP contribution in [0.1, 0.15) is 20.3 Å². The molecule has 0 aliphatic heterocycles. The SMILES string of the molecule is CC1CC(C)C1=O. The first-order valence-corrected chi connectivity index (χ1v) is 2.75. The third-order valence-electron chi connectivity index (χ3n) is 1.68. The van der Waals surface area contributed by atoms with Crippen molar-refractivity contribution in [1.82, 2.24) is 0 Å². The normalized spacial score (nSPS) is 40.6. The highest BCUT2D eigenvalue weighted by Crippen LogP contribution is 2.27. The number of ketones is 1. The number of hydrogen-bond acceptors (Lipinski definition) is 1. The molecule has 0 aromatic heterocycles. The summed E-state index contributed by atoms with van der Waals surface area (Å²) in [6.45, 7) is 3.98. The van der Waals surface area contributed by atoms with Gasteiger partial charge in [-0.05, 0) is 6.42 Å². The average molecular weight is 98.1 g/mol. The molecule has 0 bridgehead atoms. The minimum Gasteiger partial charge on any atom is -0.299 e. The summed E-state index contributed by atoms with van der Waals surface area (Å²) in [7, 11) is 0.